The molecule has 0 aliphatic heterocycles. The number of hydrogen-bond acceptors (Lipinski definition) is 1. The fraction of sp³-hybridized carbons (Fsp3) is 0.750. The summed E-state index contributed by atoms with van der Waals surface area (Å²) >= 11 is 0. The fourth-order valence-electron chi connectivity index (χ4n) is 0.631. The molecule has 0 fully saturated rings. The van der Waals surface area contributed by atoms with Gasteiger partial charge in [0.15, 0.2) is 0 Å². The fourth-order valence-corrected chi connectivity index (χ4v) is 0.631. The Hall–Kier alpha value is -0.0100. The first-order valence-electron chi connectivity index (χ1n) is 3.73. The maximum absolute atomic E-state index is 3.64. The van der Waals surface area contributed by atoms with Crippen molar-refractivity contribution in [2.45, 2.75) is 26.2 Å². The zero-order valence-electron chi connectivity index (χ0n) is 6.73. The first-order chi connectivity index (χ1) is 4.41. The second kappa shape index (κ2) is 11.7. The van der Waals surface area contributed by atoms with Crippen molar-refractivity contribution < 1.29 is 0 Å². The lowest BCUT2D eigenvalue weighted by Gasteiger charge is -1.98. The molecule has 0 spiro atoms. The van der Waals surface area contributed by atoms with E-state index in [1.165, 1.54) is 12.8 Å². The maximum Gasteiger partial charge on any atom is -0.00144 e. The number of hydrogen-bond donors (Lipinski definition) is 1. The van der Waals surface area contributed by atoms with Gasteiger partial charge in [-0.25, -0.2) is 0 Å². The van der Waals surface area contributed by atoms with Gasteiger partial charge in [0.2, 0.25) is 0 Å². The predicted octanol–water partition coefficient (Wildman–Crippen LogP) is 2.37. The van der Waals surface area contributed by atoms with Crippen molar-refractivity contribution in [2.75, 3.05) is 13.1 Å². The van der Waals surface area contributed by atoms with Crippen molar-refractivity contribution in [3.05, 3.63) is 12.7 Å². The molecule has 0 unspecified atom stereocenters. The molecule has 1 nitrogen and oxygen atoms in total. The highest BCUT2D eigenvalue weighted by molar-refractivity contribution is 5.85. The predicted molar refractivity (Wildman–Crippen MR) is 49.8 cm³/mol. The number of halogens is 1. The zero-order valence-corrected chi connectivity index (χ0v) is 7.54. The smallest absolute Gasteiger partial charge is 0.00144 e. The highest BCUT2D eigenvalue weighted by Crippen LogP contribution is 1.82. The molecule has 2 heteroatoms. The van der Waals surface area contributed by atoms with E-state index in [2.05, 4.69) is 18.8 Å². The van der Waals surface area contributed by atoms with Crippen LogP contribution in [0.3, 0.4) is 0 Å². The van der Waals surface area contributed by atoms with E-state index in [0.717, 1.165) is 19.5 Å². The molecule has 0 amide bonds. The number of rotatable bonds is 6. The lowest BCUT2D eigenvalue weighted by molar-refractivity contribution is 0.645. The molecule has 0 saturated heterocycles. The third-order valence-electron chi connectivity index (χ3n) is 1.23. The first kappa shape index (κ1) is 12.6. The summed E-state index contributed by atoms with van der Waals surface area (Å²) in [5.41, 5.74) is 0. The van der Waals surface area contributed by atoms with E-state index in [-0.39, 0.29) is 12.4 Å². The summed E-state index contributed by atoms with van der Waals surface area (Å²) in [5.74, 6) is 0. The van der Waals surface area contributed by atoms with E-state index in [0.29, 0.717) is 0 Å². The monoisotopic (exact) mass is 163 g/mol. The molecule has 0 saturated carbocycles. The quantitative estimate of drug-likeness (QED) is 0.469. The van der Waals surface area contributed by atoms with Crippen molar-refractivity contribution in [1.82, 2.24) is 5.32 Å². The van der Waals surface area contributed by atoms with E-state index >= 15 is 0 Å². The minimum Gasteiger partial charge on any atom is -0.316 e. The van der Waals surface area contributed by atoms with Gasteiger partial charge in [-0.15, -0.1) is 19.0 Å². The van der Waals surface area contributed by atoms with E-state index < -0.39 is 0 Å². The zero-order chi connectivity index (χ0) is 6.95. The standard InChI is InChI=1S/C8H17N.ClH/c1-3-5-7-9-8-6-4-2;/h3,9H,1,4-8H2,2H3;1H. The van der Waals surface area contributed by atoms with Crippen LogP contribution in [0.2, 0.25) is 0 Å². The van der Waals surface area contributed by atoms with Gasteiger partial charge in [0.1, 0.15) is 0 Å². The van der Waals surface area contributed by atoms with E-state index in [1.807, 2.05) is 6.08 Å². The van der Waals surface area contributed by atoms with Crippen LogP contribution in [-0.4, -0.2) is 13.1 Å². The highest BCUT2D eigenvalue weighted by Gasteiger charge is 1.81. The van der Waals surface area contributed by atoms with Crippen LogP contribution in [0.1, 0.15) is 26.2 Å². The second-order valence-corrected chi connectivity index (χ2v) is 2.18. The molecule has 1 N–H and O–H groups in total. The molecule has 62 valence electrons. The van der Waals surface area contributed by atoms with E-state index in [9.17, 15) is 0 Å². The Balaban J connectivity index is 0. The van der Waals surface area contributed by atoms with Crippen molar-refractivity contribution in [1.29, 1.82) is 0 Å². The molecule has 0 radical (unpaired) electrons. The van der Waals surface area contributed by atoms with Gasteiger partial charge in [0.05, 0.1) is 0 Å². The molecule has 0 atom stereocenters. The molecular formula is C8H18ClN. The average molecular weight is 164 g/mol. The molecule has 0 aromatic heterocycles. The Morgan fingerprint density at radius 3 is 2.60 bits per heavy atom. The Morgan fingerprint density at radius 2 is 2.10 bits per heavy atom. The van der Waals surface area contributed by atoms with Gasteiger partial charge in [0.25, 0.3) is 0 Å². The Labute approximate surface area is 70.3 Å². The molecular weight excluding hydrogens is 146 g/mol. The minimum absolute atomic E-state index is 0. The molecule has 0 aromatic carbocycles. The molecule has 10 heavy (non-hydrogen) atoms. The third kappa shape index (κ3) is 10.9. The van der Waals surface area contributed by atoms with Crippen LogP contribution in [0, 0.1) is 0 Å². The van der Waals surface area contributed by atoms with Gasteiger partial charge >= 0.3 is 0 Å². The first-order valence-corrected chi connectivity index (χ1v) is 3.73. The van der Waals surface area contributed by atoms with Crippen LogP contribution in [0.5, 0.6) is 0 Å². The summed E-state index contributed by atoms with van der Waals surface area (Å²) in [6, 6.07) is 0. The molecule has 0 aliphatic carbocycles. The van der Waals surface area contributed by atoms with Crippen LogP contribution in [0.4, 0.5) is 0 Å². The third-order valence-corrected chi connectivity index (χ3v) is 1.23. The van der Waals surface area contributed by atoms with Crippen molar-refractivity contribution in [2.24, 2.45) is 0 Å². The van der Waals surface area contributed by atoms with Crippen LogP contribution in [0.15, 0.2) is 12.7 Å². The SMILES string of the molecule is C=CCCNCCCC.Cl. The molecule has 0 heterocycles. The van der Waals surface area contributed by atoms with E-state index in [1.54, 1.807) is 0 Å². The van der Waals surface area contributed by atoms with E-state index in [4.69, 9.17) is 0 Å². The average Bonchev–Trinajstić information content (AvgIpc) is 1.89. The van der Waals surface area contributed by atoms with Gasteiger partial charge in [0, 0.05) is 0 Å². The molecule has 0 aliphatic rings. The number of nitrogens with one attached hydrogen (secondary N) is 1. The summed E-state index contributed by atoms with van der Waals surface area (Å²) in [6.45, 7) is 8.09. The Bertz CT molecular complexity index is 64.3. The van der Waals surface area contributed by atoms with Gasteiger partial charge in [-0.2, -0.15) is 0 Å². The Kier molecular flexibility index (Phi) is 14.9. The lowest BCUT2D eigenvalue weighted by atomic mass is 10.3. The van der Waals surface area contributed by atoms with Gasteiger partial charge in [-0.1, -0.05) is 19.4 Å². The molecule has 0 rings (SSSR count). The maximum atomic E-state index is 3.64. The lowest BCUT2D eigenvalue weighted by Crippen LogP contribution is -2.15. The Morgan fingerprint density at radius 1 is 1.40 bits per heavy atom. The van der Waals surface area contributed by atoms with Crippen LogP contribution in [-0.2, 0) is 0 Å². The summed E-state index contributed by atoms with van der Waals surface area (Å²) in [4.78, 5) is 0. The van der Waals surface area contributed by atoms with Crippen molar-refractivity contribution in [3.63, 3.8) is 0 Å². The summed E-state index contributed by atoms with van der Waals surface area (Å²) < 4.78 is 0. The van der Waals surface area contributed by atoms with Crippen LogP contribution >= 0.6 is 12.4 Å². The van der Waals surface area contributed by atoms with Crippen molar-refractivity contribution in [3.8, 4) is 0 Å². The minimum atomic E-state index is 0. The topological polar surface area (TPSA) is 12.0 Å². The molecule has 0 aromatic rings. The van der Waals surface area contributed by atoms with Crippen molar-refractivity contribution >= 4 is 12.4 Å². The summed E-state index contributed by atoms with van der Waals surface area (Å²) in [5, 5.41) is 3.32. The normalized spacial score (nSPS) is 8.50. The second-order valence-electron chi connectivity index (χ2n) is 2.18. The highest BCUT2D eigenvalue weighted by atomic mass is 35.5. The van der Waals surface area contributed by atoms with Gasteiger partial charge < -0.3 is 5.32 Å². The van der Waals surface area contributed by atoms with Crippen LogP contribution < -0.4 is 5.32 Å². The summed E-state index contributed by atoms with van der Waals surface area (Å²) in [6.07, 6.45) is 5.60. The summed E-state index contributed by atoms with van der Waals surface area (Å²) in [7, 11) is 0. The van der Waals surface area contributed by atoms with Gasteiger partial charge in [-0.3, -0.25) is 0 Å². The van der Waals surface area contributed by atoms with Gasteiger partial charge in [-0.05, 0) is 25.9 Å². The number of unbranched alkanes of at least 4 members (excludes halogenated alkanes) is 1. The largest absolute Gasteiger partial charge is 0.316 e. The van der Waals surface area contributed by atoms with Crippen LogP contribution in [0.25, 0.3) is 0 Å². The molecule has 0 bridgehead atoms.